The lowest BCUT2D eigenvalue weighted by Gasteiger charge is -2.08. The summed E-state index contributed by atoms with van der Waals surface area (Å²) in [4.78, 5) is 15.6. The number of nitrogens with zero attached hydrogens (tertiary/aromatic N) is 1. The van der Waals surface area contributed by atoms with Crippen molar-refractivity contribution in [2.75, 3.05) is 5.32 Å². The molecule has 0 bridgehead atoms. The highest BCUT2D eigenvalue weighted by molar-refractivity contribution is 9.10. The normalized spacial score (nSPS) is 10.2. The van der Waals surface area contributed by atoms with Crippen molar-refractivity contribution in [3.8, 4) is 0 Å². The molecular weight excluding hydrogens is 306 g/mol. The number of nitrogens with one attached hydrogen (secondary N) is 1. The van der Waals surface area contributed by atoms with Gasteiger partial charge in [0.1, 0.15) is 17.2 Å². The van der Waals surface area contributed by atoms with Gasteiger partial charge in [0.05, 0.1) is 10.2 Å². The average molecular weight is 313 g/mol. The Morgan fingerprint density at radius 2 is 1.89 bits per heavy atom. The van der Waals surface area contributed by atoms with E-state index in [-0.39, 0.29) is 0 Å². The minimum absolute atomic E-state index is 0.387. The second-order valence-corrected chi connectivity index (χ2v) is 4.26. The van der Waals surface area contributed by atoms with Crippen LogP contribution in [0.15, 0.2) is 41.1 Å². The van der Waals surface area contributed by atoms with Crippen LogP contribution in [0.25, 0.3) is 0 Å². The molecule has 0 aliphatic rings. The molecule has 3 nitrogen and oxygen atoms in total. The maximum Gasteiger partial charge on any atom is 0.261 e. The molecule has 1 N–H and O–H groups in total. The molecule has 0 radical (unpaired) electrons. The zero-order valence-corrected chi connectivity index (χ0v) is 10.5. The zero-order chi connectivity index (χ0) is 13.1. The van der Waals surface area contributed by atoms with E-state index in [0.29, 0.717) is 10.2 Å². The van der Waals surface area contributed by atoms with E-state index < -0.39 is 23.1 Å². The van der Waals surface area contributed by atoms with Crippen molar-refractivity contribution in [1.29, 1.82) is 0 Å². The Hall–Kier alpha value is -1.82. The molecule has 18 heavy (non-hydrogen) atoms. The van der Waals surface area contributed by atoms with Crippen LogP contribution < -0.4 is 5.32 Å². The van der Waals surface area contributed by atoms with Crippen LogP contribution in [-0.4, -0.2) is 10.9 Å². The maximum atomic E-state index is 13.4. The molecule has 2 rings (SSSR count). The molecule has 6 heteroatoms. The van der Waals surface area contributed by atoms with Crippen molar-refractivity contribution in [3.05, 3.63) is 58.3 Å². The van der Waals surface area contributed by atoms with Gasteiger partial charge in [-0.3, -0.25) is 9.78 Å². The Morgan fingerprint density at radius 3 is 2.50 bits per heavy atom. The number of pyridine rings is 1. The molecule has 1 amide bonds. The van der Waals surface area contributed by atoms with Crippen LogP contribution in [-0.2, 0) is 0 Å². The summed E-state index contributed by atoms with van der Waals surface area (Å²) in [5.74, 6) is -2.66. The van der Waals surface area contributed by atoms with Gasteiger partial charge in [0.15, 0.2) is 0 Å². The molecule has 1 aromatic heterocycles. The van der Waals surface area contributed by atoms with Gasteiger partial charge in [0, 0.05) is 12.4 Å². The number of carbonyl (C=O) groups excluding carboxylic acids is 1. The van der Waals surface area contributed by atoms with Gasteiger partial charge in [0.2, 0.25) is 0 Å². The van der Waals surface area contributed by atoms with Gasteiger partial charge in [-0.05, 0) is 34.1 Å². The van der Waals surface area contributed by atoms with Crippen LogP contribution in [0.3, 0.4) is 0 Å². The van der Waals surface area contributed by atoms with E-state index in [1.165, 1.54) is 24.5 Å². The SMILES string of the molecule is O=C(Nc1ccncc1Br)c1c(F)cccc1F. The number of halogens is 3. The van der Waals surface area contributed by atoms with E-state index >= 15 is 0 Å². The first-order valence-corrected chi connectivity index (χ1v) is 5.74. The summed E-state index contributed by atoms with van der Waals surface area (Å²) >= 11 is 3.17. The predicted octanol–water partition coefficient (Wildman–Crippen LogP) is 3.37. The minimum atomic E-state index is -0.905. The van der Waals surface area contributed by atoms with Gasteiger partial charge in [0.25, 0.3) is 5.91 Å². The molecular formula is C12H7BrF2N2O. The average Bonchev–Trinajstić information content (AvgIpc) is 2.32. The Morgan fingerprint density at radius 1 is 1.22 bits per heavy atom. The molecule has 0 unspecified atom stereocenters. The zero-order valence-electron chi connectivity index (χ0n) is 8.95. The third-order valence-corrected chi connectivity index (χ3v) is 2.84. The van der Waals surface area contributed by atoms with Crippen LogP contribution >= 0.6 is 15.9 Å². The molecule has 0 saturated carbocycles. The van der Waals surface area contributed by atoms with Crippen LogP contribution in [0, 0.1) is 11.6 Å². The second kappa shape index (κ2) is 5.22. The highest BCUT2D eigenvalue weighted by Crippen LogP contribution is 2.21. The summed E-state index contributed by atoms with van der Waals surface area (Å²) in [5.41, 5.74) is -0.223. The first kappa shape index (κ1) is 12.6. The minimum Gasteiger partial charge on any atom is -0.321 e. The Labute approximate surface area is 110 Å². The van der Waals surface area contributed by atoms with E-state index in [1.807, 2.05) is 0 Å². The highest BCUT2D eigenvalue weighted by atomic mass is 79.9. The number of benzene rings is 1. The number of hydrogen-bond donors (Lipinski definition) is 1. The van der Waals surface area contributed by atoms with E-state index in [4.69, 9.17) is 0 Å². The molecule has 1 aromatic carbocycles. The van der Waals surface area contributed by atoms with Crippen LogP contribution in [0.4, 0.5) is 14.5 Å². The number of amides is 1. The molecule has 92 valence electrons. The van der Waals surface area contributed by atoms with Gasteiger partial charge in [-0.1, -0.05) is 6.07 Å². The summed E-state index contributed by atoms with van der Waals surface area (Å²) in [6, 6.07) is 4.77. The topological polar surface area (TPSA) is 42.0 Å². The second-order valence-electron chi connectivity index (χ2n) is 3.41. The van der Waals surface area contributed by atoms with E-state index in [1.54, 1.807) is 0 Å². The van der Waals surface area contributed by atoms with Crippen molar-refractivity contribution in [3.63, 3.8) is 0 Å². The molecule has 0 saturated heterocycles. The summed E-state index contributed by atoms with van der Waals surface area (Å²) in [7, 11) is 0. The summed E-state index contributed by atoms with van der Waals surface area (Å²) in [5, 5.41) is 2.40. The smallest absolute Gasteiger partial charge is 0.261 e. The van der Waals surface area contributed by atoms with E-state index in [2.05, 4.69) is 26.2 Å². The Balaban J connectivity index is 2.31. The molecule has 0 spiro atoms. The summed E-state index contributed by atoms with van der Waals surface area (Å²) in [6.07, 6.45) is 2.92. The summed E-state index contributed by atoms with van der Waals surface area (Å²) in [6.45, 7) is 0. The first-order chi connectivity index (χ1) is 8.59. The number of anilines is 1. The van der Waals surface area contributed by atoms with Crippen molar-refractivity contribution in [2.24, 2.45) is 0 Å². The lowest BCUT2D eigenvalue weighted by atomic mass is 10.2. The fourth-order valence-electron chi connectivity index (χ4n) is 1.38. The fraction of sp³-hybridized carbons (Fsp3) is 0. The van der Waals surface area contributed by atoms with Gasteiger partial charge < -0.3 is 5.32 Å². The molecule has 0 aliphatic carbocycles. The fourth-order valence-corrected chi connectivity index (χ4v) is 1.73. The number of aromatic nitrogens is 1. The molecule has 0 fully saturated rings. The van der Waals surface area contributed by atoms with Gasteiger partial charge in [-0.2, -0.15) is 0 Å². The van der Waals surface area contributed by atoms with Crippen molar-refractivity contribution in [1.82, 2.24) is 4.98 Å². The highest BCUT2D eigenvalue weighted by Gasteiger charge is 2.17. The predicted molar refractivity (Wildman–Crippen MR) is 66.2 cm³/mol. The molecule has 0 atom stereocenters. The van der Waals surface area contributed by atoms with Crippen molar-refractivity contribution in [2.45, 2.75) is 0 Å². The summed E-state index contributed by atoms with van der Waals surface area (Å²) < 4.78 is 27.3. The van der Waals surface area contributed by atoms with E-state index in [0.717, 1.165) is 12.1 Å². The number of carbonyl (C=O) groups is 1. The third-order valence-electron chi connectivity index (χ3n) is 2.21. The quantitative estimate of drug-likeness (QED) is 0.923. The molecule has 2 aromatic rings. The third kappa shape index (κ3) is 2.53. The van der Waals surface area contributed by atoms with Crippen molar-refractivity contribution >= 4 is 27.5 Å². The molecule has 1 heterocycles. The van der Waals surface area contributed by atoms with Crippen LogP contribution in [0.1, 0.15) is 10.4 Å². The number of hydrogen-bond acceptors (Lipinski definition) is 2. The lowest BCUT2D eigenvalue weighted by Crippen LogP contribution is -2.16. The van der Waals surface area contributed by atoms with Gasteiger partial charge in [-0.15, -0.1) is 0 Å². The van der Waals surface area contributed by atoms with Crippen molar-refractivity contribution < 1.29 is 13.6 Å². The molecule has 0 aliphatic heterocycles. The number of rotatable bonds is 2. The van der Waals surface area contributed by atoms with Crippen LogP contribution in [0.5, 0.6) is 0 Å². The van der Waals surface area contributed by atoms with Gasteiger partial charge in [-0.25, -0.2) is 8.78 Å². The monoisotopic (exact) mass is 312 g/mol. The maximum absolute atomic E-state index is 13.4. The Kier molecular flexibility index (Phi) is 3.66. The Bertz CT molecular complexity index is 584. The largest absolute Gasteiger partial charge is 0.321 e. The standard InChI is InChI=1S/C12H7BrF2N2O/c13-7-6-16-5-4-10(7)17-12(18)11-8(14)2-1-3-9(11)15/h1-6H,(H,16,17,18). The first-order valence-electron chi connectivity index (χ1n) is 4.94. The van der Waals surface area contributed by atoms with Crippen LogP contribution in [0.2, 0.25) is 0 Å². The van der Waals surface area contributed by atoms with Gasteiger partial charge >= 0.3 is 0 Å². The lowest BCUT2D eigenvalue weighted by molar-refractivity contribution is 0.101. The van der Waals surface area contributed by atoms with E-state index in [9.17, 15) is 13.6 Å².